The minimum Gasteiger partial charge on any atom is -0.497 e. The number of carbonyl (C=O) groups excluding carboxylic acids is 1. The van der Waals surface area contributed by atoms with E-state index in [1.165, 1.54) is 12.1 Å². The summed E-state index contributed by atoms with van der Waals surface area (Å²) in [4.78, 5) is 14.8. The van der Waals surface area contributed by atoms with E-state index in [9.17, 15) is 9.18 Å². The molecule has 1 atom stereocenters. The zero-order valence-electron chi connectivity index (χ0n) is 15.8. The first kappa shape index (κ1) is 18.2. The molecule has 0 unspecified atom stereocenters. The lowest BCUT2D eigenvalue weighted by molar-refractivity contribution is -0.118. The van der Waals surface area contributed by atoms with E-state index in [-0.39, 0.29) is 24.2 Å². The van der Waals surface area contributed by atoms with Crippen molar-refractivity contribution in [2.75, 3.05) is 12.0 Å². The average Bonchev–Trinajstić information content (AvgIpc) is 3.16. The molecule has 0 radical (unpaired) electrons. The smallest absolute Gasteiger partial charge is 0.233 e. The molecule has 0 N–H and O–H groups in total. The summed E-state index contributed by atoms with van der Waals surface area (Å²) in [5.41, 5.74) is 3.03. The molecule has 3 aromatic rings. The topological polar surface area (TPSA) is 55.6 Å². The van der Waals surface area contributed by atoms with Crippen LogP contribution in [0.15, 0.2) is 53.1 Å². The number of amides is 1. The molecule has 6 heteroatoms. The van der Waals surface area contributed by atoms with Crippen LogP contribution in [0.25, 0.3) is 11.3 Å². The Hall–Kier alpha value is -3.15. The second-order valence-corrected chi connectivity index (χ2v) is 7.02. The number of methoxy groups -OCH3 is 1. The number of rotatable bonds is 4. The van der Waals surface area contributed by atoms with Crippen molar-refractivity contribution in [1.29, 1.82) is 0 Å². The Morgan fingerprint density at radius 3 is 2.96 bits per heavy atom. The van der Waals surface area contributed by atoms with Gasteiger partial charge >= 0.3 is 0 Å². The Balaban J connectivity index is 1.55. The van der Waals surface area contributed by atoms with Crippen molar-refractivity contribution < 1.29 is 18.4 Å². The van der Waals surface area contributed by atoms with E-state index in [0.29, 0.717) is 11.5 Å². The number of aryl methyl sites for hydroxylation is 1. The predicted octanol–water partition coefficient (Wildman–Crippen LogP) is 4.40. The molecule has 0 spiro atoms. The Bertz CT molecular complexity index is 1010. The van der Waals surface area contributed by atoms with Crippen LogP contribution >= 0.6 is 0 Å². The van der Waals surface area contributed by atoms with Crippen LogP contribution in [0.3, 0.4) is 0 Å². The average molecular weight is 380 g/mol. The number of carbonyl (C=O) groups is 1. The lowest BCUT2D eigenvalue weighted by atomic mass is 9.96. The van der Waals surface area contributed by atoms with Gasteiger partial charge in [-0.25, -0.2) is 4.39 Å². The zero-order chi connectivity index (χ0) is 19.7. The number of ether oxygens (including phenoxy) is 1. The van der Waals surface area contributed by atoms with Crippen LogP contribution < -0.4 is 9.64 Å². The Kier molecular flexibility index (Phi) is 4.86. The van der Waals surface area contributed by atoms with Gasteiger partial charge in [-0.3, -0.25) is 4.79 Å². The van der Waals surface area contributed by atoms with Crippen LogP contribution in [-0.2, 0) is 17.6 Å². The number of anilines is 1. The molecule has 1 aromatic heterocycles. The standard InChI is InChI=1S/C22H21FN2O3/c1-14-6-7-15-10-17(23)8-9-20(15)25(14)22(26)13-18-12-21(28-24-18)16-4-3-5-19(11-16)27-2/h3-5,8-12,14H,6-7,13H2,1-2H3/t14-/m0/s1. The Morgan fingerprint density at radius 1 is 1.29 bits per heavy atom. The minimum atomic E-state index is -0.278. The largest absolute Gasteiger partial charge is 0.497 e. The van der Waals surface area contributed by atoms with E-state index >= 15 is 0 Å². The normalized spacial score (nSPS) is 16.0. The molecule has 2 aromatic carbocycles. The summed E-state index contributed by atoms with van der Waals surface area (Å²) in [6.45, 7) is 2.01. The number of hydrogen-bond acceptors (Lipinski definition) is 4. The van der Waals surface area contributed by atoms with Crippen molar-refractivity contribution in [2.45, 2.75) is 32.2 Å². The molecule has 144 valence electrons. The molecular formula is C22H21FN2O3. The highest BCUT2D eigenvalue weighted by molar-refractivity contribution is 5.96. The third-order valence-electron chi connectivity index (χ3n) is 5.09. The highest BCUT2D eigenvalue weighted by atomic mass is 19.1. The maximum atomic E-state index is 13.6. The number of hydrogen-bond donors (Lipinski definition) is 0. The number of halogens is 1. The molecule has 1 aliphatic heterocycles. The Labute approximate surface area is 162 Å². The summed E-state index contributed by atoms with van der Waals surface area (Å²) >= 11 is 0. The molecule has 0 saturated heterocycles. The number of fused-ring (bicyclic) bond motifs is 1. The van der Waals surface area contributed by atoms with Gasteiger partial charge in [0.15, 0.2) is 5.76 Å². The van der Waals surface area contributed by atoms with Crippen LogP contribution in [0.1, 0.15) is 24.6 Å². The minimum absolute atomic E-state index is 0.0511. The lowest BCUT2D eigenvalue weighted by Gasteiger charge is -2.35. The van der Waals surface area contributed by atoms with E-state index in [4.69, 9.17) is 9.26 Å². The molecule has 1 amide bonds. The van der Waals surface area contributed by atoms with E-state index in [2.05, 4.69) is 5.16 Å². The Morgan fingerprint density at radius 2 is 2.14 bits per heavy atom. The molecule has 5 nitrogen and oxygen atoms in total. The monoisotopic (exact) mass is 380 g/mol. The molecule has 0 bridgehead atoms. The molecule has 2 heterocycles. The van der Waals surface area contributed by atoms with Crippen molar-refractivity contribution in [3.05, 3.63) is 65.6 Å². The van der Waals surface area contributed by atoms with Gasteiger partial charge in [0.05, 0.1) is 19.2 Å². The second-order valence-electron chi connectivity index (χ2n) is 7.02. The van der Waals surface area contributed by atoms with Crippen molar-refractivity contribution in [2.24, 2.45) is 0 Å². The van der Waals surface area contributed by atoms with Crippen molar-refractivity contribution in [3.63, 3.8) is 0 Å². The summed E-state index contributed by atoms with van der Waals surface area (Å²) in [7, 11) is 1.60. The van der Waals surface area contributed by atoms with Gasteiger partial charge < -0.3 is 14.2 Å². The van der Waals surface area contributed by atoms with Crippen molar-refractivity contribution >= 4 is 11.6 Å². The van der Waals surface area contributed by atoms with Gasteiger partial charge in [-0.1, -0.05) is 17.3 Å². The highest BCUT2D eigenvalue weighted by Gasteiger charge is 2.29. The van der Waals surface area contributed by atoms with E-state index < -0.39 is 0 Å². The predicted molar refractivity (Wildman–Crippen MR) is 104 cm³/mol. The van der Waals surface area contributed by atoms with E-state index in [1.54, 1.807) is 24.1 Å². The van der Waals surface area contributed by atoms with Crippen LogP contribution in [0.5, 0.6) is 5.75 Å². The first-order chi connectivity index (χ1) is 13.5. The van der Waals surface area contributed by atoms with Crippen LogP contribution in [0.2, 0.25) is 0 Å². The maximum Gasteiger partial charge on any atom is 0.233 e. The molecule has 0 saturated carbocycles. The van der Waals surface area contributed by atoms with Gasteiger partial charge in [-0.05, 0) is 55.7 Å². The lowest BCUT2D eigenvalue weighted by Crippen LogP contribution is -2.43. The van der Waals surface area contributed by atoms with Gasteiger partial charge in [0.2, 0.25) is 5.91 Å². The number of benzene rings is 2. The highest BCUT2D eigenvalue weighted by Crippen LogP contribution is 2.32. The molecular weight excluding hydrogens is 359 g/mol. The first-order valence-corrected chi connectivity index (χ1v) is 9.25. The van der Waals surface area contributed by atoms with E-state index in [1.807, 2.05) is 31.2 Å². The van der Waals surface area contributed by atoms with Crippen molar-refractivity contribution in [3.8, 4) is 17.1 Å². The molecule has 28 heavy (non-hydrogen) atoms. The van der Waals surface area contributed by atoms with Gasteiger partial charge in [0.25, 0.3) is 0 Å². The summed E-state index contributed by atoms with van der Waals surface area (Å²) in [6.07, 6.45) is 1.69. The van der Waals surface area contributed by atoms with Crippen LogP contribution in [0, 0.1) is 5.82 Å². The third kappa shape index (κ3) is 3.50. The molecule has 0 fully saturated rings. The second kappa shape index (κ2) is 7.46. The molecule has 1 aliphatic rings. The van der Waals surface area contributed by atoms with Gasteiger partial charge in [-0.2, -0.15) is 0 Å². The van der Waals surface area contributed by atoms with E-state index in [0.717, 1.165) is 35.4 Å². The fourth-order valence-corrected chi connectivity index (χ4v) is 3.65. The third-order valence-corrected chi connectivity index (χ3v) is 5.09. The summed E-state index contributed by atoms with van der Waals surface area (Å²) in [6, 6.07) is 13.9. The fraction of sp³-hybridized carbons (Fsp3) is 0.273. The van der Waals surface area contributed by atoms with Gasteiger partial charge in [-0.15, -0.1) is 0 Å². The molecule has 0 aliphatic carbocycles. The molecule has 4 rings (SSSR count). The fourth-order valence-electron chi connectivity index (χ4n) is 3.65. The number of aromatic nitrogens is 1. The van der Waals surface area contributed by atoms with Crippen LogP contribution in [0.4, 0.5) is 10.1 Å². The summed E-state index contributed by atoms with van der Waals surface area (Å²) < 4.78 is 24.2. The summed E-state index contributed by atoms with van der Waals surface area (Å²) in [5.74, 6) is 0.944. The number of nitrogens with zero attached hydrogens (tertiary/aromatic N) is 2. The van der Waals surface area contributed by atoms with Gasteiger partial charge in [0.1, 0.15) is 11.6 Å². The van der Waals surface area contributed by atoms with Crippen LogP contribution in [-0.4, -0.2) is 24.2 Å². The SMILES string of the molecule is COc1cccc(-c2cc(CC(=O)N3c4ccc(F)cc4CC[C@@H]3C)no2)c1. The first-order valence-electron chi connectivity index (χ1n) is 9.25. The van der Waals surface area contributed by atoms with Gasteiger partial charge in [0, 0.05) is 23.4 Å². The van der Waals surface area contributed by atoms with Crippen molar-refractivity contribution in [1.82, 2.24) is 5.16 Å². The summed E-state index contributed by atoms with van der Waals surface area (Å²) in [5, 5.41) is 4.05. The quantitative estimate of drug-likeness (QED) is 0.673. The zero-order valence-corrected chi connectivity index (χ0v) is 15.8. The maximum absolute atomic E-state index is 13.6.